The minimum atomic E-state index is -0.450. The van der Waals surface area contributed by atoms with Gasteiger partial charge in [0.05, 0.1) is 16.2 Å². The van der Waals surface area contributed by atoms with Gasteiger partial charge in [-0.1, -0.05) is 59.6 Å². The first kappa shape index (κ1) is 26.9. The molecule has 180 valence electrons. The van der Waals surface area contributed by atoms with E-state index in [1.807, 2.05) is 62.4 Å². The van der Waals surface area contributed by atoms with Crippen LogP contribution in [0.2, 0.25) is 10.0 Å². The third kappa shape index (κ3) is 7.38. The second-order valence-corrected chi connectivity index (χ2v) is 9.57. The zero-order valence-corrected chi connectivity index (χ0v) is 22.8. The summed E-state index contributed by atoms with van der Waals surface area (Å²) in [5, 5.41) is 13.6. The van der Waals surface area contributed by atoms with Crippen molar-refractivity contribution in [3.8, 4) is 17.6 Å². The maximum absolute atomic E-state index is 12.8. The molecule has 0 saturated carbocycles. The number of halogens is 3. The number of nitriles is 1. The topological polar surface area (TPSA) is 71.3 Å². The van der Waals surface area contributed by atoms with Gasteiger partial charge in [-0.25, -0.2) is 0 Å². The molecule has 0 aliphatic carbocycles. The number of hydrogen-bond donors (Lipinski definition) is 1. The molecule has 0 saturated heterocycles. The maximum Gasteiger partial charge on any atom is 0.262 e. The number of hydrogen-bond acceptors (Lipinski definition) is 4. The number of nitrogens with zero attached hydrogens (tertiary/aromatic N) is 1. The molecular weight excluding hydrogens is 598 g/mol. The van der Waals surface area contributed by atoms with E-state index in [0.717, 1.165) is 14.7 Å². The molecule has 0 aromatic heterocycles. The SMILES string of the molecule is CCOc1cc(/C=C(/C#N)C(=O)N[C@@H](C)c2ccccc2)cc(I)c1OCc1ccc(Cl)cc1Cl. The van der Waals surface area contributed by atoms with Crippen molar-refractivity contribution in [1.29, 1.82) is 5.26 Å². The van der Waals surface area contributed by atoms with Crippen LogP contribution >= 0.6 is 45.8 Å². The van der Waals surface area contributed by atoms with Crippen LogP contribution < -0.4 is 14.8 Å². The van der Waals surface area contributed by atoms with Crippen molar-refractivity contribution in [3.63, 3.8) is 0 Å². The quantitative estimate of drug-likeness (QED) is 0.154. The molecule has 8 heteroatoms. The lowest BCUT2D eigenvalue weighted by Gasteiger charge is -2.16. The van der Waals surface area contributed by atoms with Crippen molar-refractivity contribution in [2.24, 2.45) is 0 Å². The smallest absolute Gasteiger partial charge is 0.262 e. The lowest BCUT2D eigenvalue weighted by atomic mass is 10.1. The molecule has 0 fully saturated rings. The standard InChI is InChI=1S/C27H23Cl2IN2O3/c1-3-34-25-13-18(11-21(15-31)27(33)32-17(2)19-7-5-4-6-8-19)12-24(30)26(25)35-16-20-9-10-22(28)14-23(20)29/h4-14,17H,3,16H2,1-2H3,(H,32,33)/b21-11-/t17-/m0/s1. The van der Waals surface area contributed by atoms with Gasteiger partial charge in [0.25, 0.3) is 5.91 Å². The van der Waals surface area contributed by atoms with Crippen LogP contribution in [0.1, 0.15) is 36.6 Å². The van der Waals surface area contributed by atoms with Gasteiger partial charge in [0.15, 0.2) is 11.5 Å². The highest BCUT2D eigenvalue weighted by atomic mass is 127. The molecule has 5 nitrogen and oxygen atoms in total. The first-order chi connectivity index (χ1) is 16.8. The van der Waals surface area contributed by atoms with Crippen molar-refractivity contribution in [2.45, 2.75) is 26.5 Å². The predicted molar refractivity (Wildman–Crippen MR) is 148 cm³/mol. The summed E-state index contributed by atoms with van der Waals surface area (Å²) in [6.07, 6.45) is 1.54. The summed E-state index contributed by atoms with van der Waals surface area (Å²) < 4.78 is 12.6. The summed E-state index contributed by atoms with van der Waals surface area (Å²) in [7, 11) is 0. The third-order valence-electron chi connectivity index (χ3n) is 5.04. The van der Waals surface area contributed by atoms with E-state index in [9.17, 15) is 10.1 Å². The molecule has 0 aliphatic rings. The Balaban J connectivity index is 1.83. The highest BCUT2D eigenvalue weighted by Gasteiger charge is 2.17. The van der Waals surface area contributed by atoms with Crippen LogP contribution in [0.5, 0.6) is 11.5 Å². The fraction of sp³-hybridized carbons (Fsp3) is 0.185. The molecule has 3 rings (SSSR count). The summed E-state index contributed by atoms with van der Waals surface area (Å²) in [6, 6.07) is 20.1. The van der Waals surface area contributed by atoms with E-state index in [2.05, 4.69) is 27.9 Å². The first-order valence-corrected chi connectivity index (χ1v) is 12.7. The van der Waals surface area contributed by atoms with Gasteiger partial charge in [-0.15, -0.1) is 0 Å². The molecule has 3 aromatic carbocycles. The summed E-state index contributed by atoms with van der Waals surface area (Å²) in [5.74, 6) is 0.608. The van der Waals surface area contributed by atoms with Crippen LogP contribution in [0, 0.1) is 14.9 Å². The van der Waals surface area contributed by atoms with E-state index in [4.69, 9.17) is 32.7 Å². The van der Waals surface area contributed by atoms with E-state index < -0.39 is 5.91 Å². The van der Waals surface area contributed by atoms with Crippen molar-refractivity contribution in [2.75, 3.05) is 6.61 Å². The van der Waals surface area contributed by atoms with Gasteiger partial charge in [0, 0.05) is 15.6 Å². The molecule has 1 atom stereocenters. The monoisotopic (exact) mass is 620 g/mol. The van der Waals surface area contributed by atoms with Gasteiger partial charge < -0.3 is 14.8 Å². The summed E-state index contributed by atoms with van der Waals surface area (Å²) in [5.41, 5.74) is 2.38. The van der Waals surface area contributed by atoms with Gasteiger partial charge in [-0.3, -0.25) is 4.79 Å². The first-order valence-electron chi connectivity index (χ1n) is 10.8. The number of rotatable bonds is 9. The molecule has 0 spiro atoms. The van der Waals surface area contributed by atoms with E-state index in [1.54, 1.807) is 18.2 Å². The minimum Gasteiger partial charge on any atom is -0.490 e. The van der Waals surface area contributed by atoms with Gasteiger partial charge in [0.1, 0.15) is 18.2 Å². The van der Waals surface area contributed by atoms with Crippen molar-refractivity contribution >= 4 is 57.8 Å². The fourth-order valence-corrected chi connectivity index (χ4v) is 4.52. The Morgan fingerprint density at radius 1 is 1.14 bits per heavy atom. The number of carbonyl (C=O) groups is 1. The van der Waals surface area contributed by atoms with Crippen LogP contribution in [-0.4, -0.2) is 12.5 Å². The van der Waals surface area contributed by atoms with Crippen molar-refractivity contribution in [3.05, 3.63) is 96.5 Å². The molecule has 0 heterocycles. The molecule has 1 N–H and O–H groups in total. The predicted octanol–water partition coefficient (Wildman–Crippen LogP) is 7.36. The number of benzene rings is 3. The zero-order valence-electron chi connectivity index (χ0n) is 19.1. The van der Waals surface area contributed by atoms with E-state index in [1.165, 1.54) is 6.08 Å². The molecule has 0 radical (unpaired) electrons. The van der Waals surface area contributed by atoms with Crippen LogP contribution in [0.3, 0.4) is 0 Å². The van der Waals surface area contributed by atoms with Crippen molar-refractivity contribution < 1.29 is 14.3 Å². The van der Waals surface area contributed by atoms with Crippen LogP contribution in [-0.2, 0) is 11.4 Å². The van der Waals surface area contributed by atoms with Crippen LogP contribution in [0.15, 0.2) is 66.2 Å². The molecular formula is C27H23Cl2IN2O3. The number of carbonyl (C=O) groups excluding carboxylic acids is 1. The third-order valence-corrected chi connectivity index (χ3v) is 6.43. The average Bonchev–Trinajstić information content (AvgIpc) is 2.83. The van der Waals surface area contributed by atoms with Gasteiger partial charge in [0.2, 0.25) is 0 Å². The largest absolute Gasteiger partial charge is 0.490 e. The highest BCUT2D eigenvalue weighted by Crippen LogP contribution is 2.36. The van der Waals surface area contributed by atoms with E-state index in [0.29, 0.717) is 33.7 Å². The van der Waals surface area contributed by atoms with E-state index >= 15 is 0 Å². The number of nitrogens with one attached hydrogen (secondary N) is 1. The molecule has 1 amide bonds. The number of ether oxygens (including phenoxy) is 2. The van der Waals surface area contributed by atoms with Crippen LogP contribution in [0.25, 0.3) is 6.08 Å². The average molecular weight is 621 g/mol. The molecule has 0 unspecified atom stereocenters. The molecule has 0 aliphatic heterocycles. The zero-order chi connectivity index (χ0) is 25.4. The Hall–Kier alpha value is -2.73. The second kappa shape index (κ2) is 12.8. The van der Waals surface area contributed by atoms with E-state index in [-0.39, 0.29) is 18.2 Å². The minimum absolute atomic E-state index is 0.00681. The lowest BCUT2D eigenvalue weighted by Crippen LogP contribution is -2.27. The maximum atomic E-state index is 12.8. The summed E-state index contributed by atoms with van der Waals surface area (Å²) in [4.78, 5) is 12.8. The van der Waals surface area contributed by atoms with Gasteiger partial charge in [-0.05, 0) is 77.9 Å². The second-order valence-electron chi connectivity index (χ2n) is 7.56. The lowest BCUT2D eigenvalue weighted by molar-refractivity contribution is -0.117. The highest BCUT2D eigenvalue weighted by molar-refractivity contribution is 14.1. The Morgan fingerprint density at radius 3 is 2.54 bits per heavy atom. The molecule has 3 aromatic rings. The Morgan fingerprint density at radius 2 is 1.89 bits per heavy atom. The Kier molecular flexibility index (Phi) is 9.84. The Labute approximate surface area is 228 Å². The van der Waals surface area contributed by atoms with Gasteiger partial charge in [-0.2, -0.15) is 5.26 Å². The molecule has 35 heavy (non-hydrogen) atoms. The number of amides is 1. The Bertz CT molecular complexity index is 1270. The van der Waals surface area contributed by atoms with Crippen LogP contribution in [0.4, 0.5) is 0 Å². The summed E-state index contributed by atoms with van der Waals surface area (Å²) >= 11 is 14.4. The normalized spacial score (nSPS) is 11.9. The molecule has 0 bridgehead atoms. The van der Waals surface area contributed by atoms with Crippen molar-refractivity contribution in [1.82, 2.24) is 5.32 Å². The summed E-state index contributed by atoms with van der Waals surface area (Å²) in [6.45, 7) is 4.39. The van der Waals surface area contributed by atoms with Gasteiger partial charge >= 0.3 is 0 Å². The fourth-order valence-electron chi connectivity index (χ4n) is 3.28.